The van der Waals surface area contributed by atoms with Crippen molar-refractivity contribution in [2.45, 2.75) is 19.6 Å². The first-order chi connectivity index (χ1) is 9.15. The second-order valence-electron chi connectivity index (χ2n) is 4.21. The first-order valence-electron chi connectivity index (χ1n) is 6.00. The van der Waals surface area contributed by atoms with E-state index in [1.54, 1.807) is 11.3 Å². The molecule has 1 unspecified atom stereocenters. The maximum Gasteiger partial charge on any atom is 0.162 e. The fraction of sp³-hybridized carbons (Fsp3) is 0.286. The molecule has 1 heterocycles. The predicted octanol–water partition coefficient (Wildman–Crippen LogP) is 3.58. The summed E-state index contributed by atoms with van der Waals surface area (Å²) in [4.78, 5) is 1.25. The topological polar surface area (TPSA) is 21.3 Å². The third kappa shape index (κ3) is 4.29. The van der Waals surface area contributed by atoms with Crippen LogP contribution in [0.2, 0.25) is 0 Å². The Morgan fingerprint density at radius 1 is 1.26 bits per heavy atom. The molecule has 0 fully saturated rings. The molecule has 0 bridgehead atoms. The van der Waals surface area contributed by atoms with Gasteiger partial charge in [-0.05, 0) is 30.5 Å². The lowest BCUT2D eigenvalue weighted by molar-refractivity contribution is 0.215. The molecular weight excluding hydrogens is 268 g/mol. The third-order valence-corrected chi connectivity index (χ3v) is 3.42. The number of benzene rings is 1. The van der Waals surface area contributed by atoms with Gasteiger partial charge in [-0.2, -0.15) is 0 Å². The van der Waals surface area contributed by atoms with Gasteiger partial charge < -0.3 is 10.1 Å². The van der Waals surface area contributed by atoms with Crippen molar-refractivity contribution in [1.29, 1.82) is 0 Å². The third-order valence-electron chi connectivity index (χ3n) is 2.54. The molecule has 0 saturated heterocycles. The standard InChI is InChI=1S/C14H15F2NOS/c1-10(8-17-9-12-3-2-6-19-12)18-11-4-5-13(15)14(16)7-11/h2-7,10,17H,8-9H2,1H3. The number of thiophene rings is 1. The summed E-state index contributed by atoms with van der Waals surface area (Å²) in [7, 11) is 0. The van der Waals surface area contributed by atoms with Crippen LogP contribution < -0.4 is 10.1 Å². The molecule has 0 aliphatic heterocycles. The quantitative estimate of drug-likeness (QED) is 0.875. The minimum Gasteiger partial charge on any atom is -0.489 e. The van der Waals surface area contributed by atoms with Crippen molar-refractivity contribution in [3.8, 4) is 5.75 Å². The van der Waals surface area contributed by atoms with Crippen LogP contribution in [0.4, 0.5) is 8.78 Å². The Bertz CT molecular complexity index is 516. The molecule has 0 amide bonds. The average molecular weight is 283 g/mol. The molecule has 1 aromatic heterocycles. The molecule has 0 aliphatic carbocycles. The molecule has 0 aliphatic rings. The van der Waals surface area contributed by atoms with Gasteiger partial charge >= 0.3 is 0 Å². The normalized spacial score (nSPS) is 12.4. The molecule has 2 aromatic rings. The molecule has 0 saturated carbocycles. The SMILES string of the molecule is CC(CNCc1cccs1)Oc1ccc(F)c(F)c1. The van der Waals surface area contributed by atoms with Crippen molar-refractivity contribution in [3.63, 3.8) is 0 Å². The van der Waals surface area contributed by atoms with Crippen LogP contribution in [0.15, 0.2) is 35.7 Å². The number of hydrogen-bond donors (Lipinski definition) is 1. The summed E-state index contributed by atoms with van der Waals surface area (Å²) < 4.78 is 31.3. The summed E-state index contributed by atoms with van der Waals surface area (Å²) in [6, 6.07) is 7.61. The van der Waals surface area contributed by atoms with E-state index < -0.39 is 11.6 Å². The number of halogens is 2. The van der Waals surface area contributed by atoms with Crippen molar-refractivity contribution in [3.05, 3.63) is 52.2 Å². The number of ether oxygens (including phenoxy) is 1. The van der Waals surface area contributed by atoms with Gasteiger partial charge in [0.25, 0.3) is 0 Å². The molecule has 19 heavy (non-hydrogen) atoms. The zero-order valence-corrected chi connectivity index (χ0v) is 11.3. The van der Waals surface area contributed by atoms with Gasteiger partial charge in [0.2, 0.25) is 0 Å². The Labute approximate surface area is 115 Å². The largest absolute Gasteiger partial charge is 0.489 e. The van der Waals surface area contributed by atoms with E-state index >= 15 is 0 Å². The van der Waals surface area contributed by atoms with E-state index in [4.69, 9.17) is 4.74 Å². The molecule has 2 nitrogen and oxygen atoms in total. The maximum absolute atomic E-state index is 13.0. The monoisotopic (exact) mass is 283 g/mol. The molecular formula is C14H15F2NOS. The molecule has 2 rings (SSSR count). The Balaban J connectivity index is 1.77. The fourth-order valence-electron chi connectivity index (χ4n) is 1.64. The second kappa shape index (κ2) is 6.63. The van der Waals surface area contributed by atoms with Crippen LogP contribution in [0.1, 0.15) is 11.8 Å². The number of hydrogen-bond acceptors (Lipinski definition) is 3. The van der Waals surface area contributed by atoms with E-state index in [0.29, 0.717) is 12.3 Å². The van der Waals surface area contributed by atoms with Crippen LogP contribution in [0.25, 0.3) is 0 Å². The van der Waals surface area contributed by atoms with Crippen LogP contribution in [0.5, 0.6) is 5.75 Å². The lowest BCUT2D eigenvalue weighted by Gasteiger charge is -2.15. The van der Waals surface area contributed by atoms with Crippen molar-refractivity contribution in [2.24, 2.45) is 0 Å². The van der Waals surface area contributed by atoms with Crippen molar-refractivity contribution in [1.82, 2.24) is 5.32 Å². The summed E-state index contributed by atoms with van der Waals surface area (Å²) >= 11 is 1.69. The zero-order chi connectivity index (χ0) is 13.7. The molecule has 1 N–H and O–H groups in total. The van der Waals surface area contributed by atoms with E-state index in [9.17, 15) is 8.78 Å². The highest BCUT2D eigenvalue weighted by atomic mass is 32.1. The Kier molecular flexibility index (Phi) is 4.87. The Hall–Kier alpha value is -1.46. The zero-order valence-electron chi connectivity index (χ0n) is 10.5. The highest BCUT2D eigenvalue weighted by Crippen LogP contribution is 2.16. The molecule has 0 radical (unpaired) electrons. The van der Waals surface area contributed by atoms with E-state index in [0.717, 1.165) is 18.7 Å². The molecule has 102 valence electrons. The van der Waals surface area contributed by atoms with Crippen molar-refractivity contribution in [2.75, 3.05) is 6.54 Å². The summed E-state index contributed by atoms with van der Waals surface area (Å²) in [5.41, 5.74) is 0. The van der Waals surface area contributed by atoms with Crippen molar-refractivity contribution >= 4 is 11.3 Å². The van der Waals surface area contributed by atoms with Crippen molar-refractivity contribution < 1.29 is 13.5 Å². The Morgan fingerprint density at radius 2 is 2.11 bits per heavy atom. The van der Waals surface area contributed by atoms with Gasteiger partial charge in [0.1, 0.15) is 11.9 Å². The highest BCUT2D eigenvalue weighted by Gasteiger charge is 2.07. The number of nitrogens with one attached hydrogen (secondary N) is 1. The Morgan fingerprint density at radius 3 is 2.79 bits per heavy atom. The van der Waals surface area contributed by atoms with E-state index in [-0.39, 0.29) is 6.10 Å². The smallest absolute Gasteiger partial charge is 0.162 e. The van der Waals surface area contributed by atoms with Gasteiger partial charge in [-0.3, -0.25) is 0 Å². The lowest BCUT2D eigenvalue weighted by atomic mass is 10.3. The van der Waals surface area contributed by atoms with Crippen LogP contribution in [-0.2, 0) is 6.54 Å². The average Bonchev–Trinajstić information content (AvgIpc) is 2.87. The lowest BCUT2D eigenvalue weighted by Crippen LogP contribution is -2.28. The summed E-state index contributed by atoms with van der Waals surface area (Å²) in [5.74, 6) is -1.42. The minimum absolute atomic E-state index is 0.121. The van der Waals surface area contributed by atoms with E-state index in [1.165, 1.54) is 10.9 Å². The summed E-state index contributed by atoms with van der Waals surface area (Å²) in [5, 5.41) is 5.28. The highest BCUT2D eigenvalue weighted by molar-refractivity contribution is 7.09. The molecule has 1 aromatic carbocycles. The fourth-order valence-corrected chi connectivity index (χ4v) is 2.31. The first-order valence-corrected chi connectivity index (χ1v) is 6.88. The van der Waals surface area contributed by atoms with Gasteiger partial charge in [0, 0.05) is 24.0 Å². The summed E-state index contributed by atoms with van der Waals surface area (Å²) in [6.45, 7) is 3.29. The molecule has 0 spiro atoms. The van der Waals surface area contributed by atoms with Crippen LogP contribution >= 0.6 is 11.3 Å². The number of rotatable bonds is 6. The molecule has 5 heteroatoms. The van der Waals surface area contributed by atoms with Gasteiger partial charge in [0.15, 0.2) is 11.6 Å². The van der Waals surface area contributed by atoms with E-state index in [1.807, 2.05) is 18.4 Å². The first kappa shape index (κ1) is 14.0. The minimum atomic E-state index is -0.892. The maximum atomic E-state index is 13.0. The van der Waals surface area contributed by atoms with Gasteiger partial charge in [-0.1, -0.05) is 6.07 Å². The predicted molar refractivity (Wildman–Crippen MR) is 72.5 cm³/mol. The van der Waals surface area contributed by atoms with E-state index in [2.05, 4.69) is 11.4 Å². The van der Waals surface area contributed by atoms with Crippen LogP contribution in [-0.4, -0.2) is 12.6 Å². The molecule has 1 atom stereocenters. The van der Waals surface area contributed by atoms with Gasteiger partial charge in [-0.25, -0.2) is 8.78 Å². The second-order valence-corrected chi connectivity index (χ2v) is 5.25. The van der Waals surface area contributed by atoms with Crippen LogP contribution in [0, 0.1) is 11.6 Å². The van der Waals surface area contributed by atoms with Gasteiger partial charge in [0.05, 0.1) is 0 Å². The van der Waals surface area contributed by atoms with Gasteiger partial charge in [-0.15, -0.1) is 11.3 Å². The summed E-state index contributed by atoms with van der Waals surface area (Å²) in [6.07, 6.45) is -0.121. The van der Waals surface area contributed by atoms with Crippen LogP contribution in [0.3, 0.4) is 0 Å².